The van der Waals surface area contributed by atoms with Gasteiger partial charge in [0.1, 0.15) is 5.82 Å². The second-order valence-electron chi connectivity index (χ2n) is 6.84. The number of halogens is 2. The Kier molecular flexibility index (Phi) is 7.17. The van der Waals surface area contributed by atoms with E-state index < -0.39 is 11.7 Å². The summed E-state index contributed by atoms with van der Waals surface area (Å²) in [6, 6.07) is 11.4. The molecule has 28 heavy (non-hydrogen) atoms. The van der Waals surface area contributed by atoms with E-state index in [1.807, 2.05) is 24.3 Å². The number of carbonyl (C=O) groups is 2. The molecule has 0 unspecified atom stereocenters. The van der Waals surface area contributed by atoms with Gasteiger partial charge in [-0.2, -0.15) is 0 Å². The van der Waals surface area contributed by atoms with Crippen LogP contribution in [-0.4, -0.2) is 25.0 Å². The minimum atomic E-state index is -0.493. The Morgan fingerprint density at radius 1 is 1.18 bits per heavy atom. The van der Waals surface area contributed by atoms with Gasteiger partial charge in [0.2, 0.25) is 5.91 Å². The second-order valence-corrected chi connectivity index (χ2v) is 7.69. The summed E-state index contributed by atoms with van der Waals surface area (Å²) in [4.78, 5) is 24.2. The molecule has 5 nitrogen and oxygen atoms in total. The number of rotatable bonds is 9. The molecular weight excluding hydrogens is 427 g/mol. The first-order chi connectivity index (χ1) is 13.5. The van der Waals surface area contributed by atoms with Crippen molar-refractivity contribution in [3.05, 3.63) is 63.9 Å². The quantitative estimate of drug-likeness (QED) is 0.601. The smallest absolute Gasteiger partial charge is 0.252 e. The average molecular weight is 449 g/mol. The molecule has 7 heteroatoms. The highest BCUT2D eigenvalue weighted by molar-refractivity contribution is 9.10. The van der Waals surface area contributed by atoms with Crippen LogP contribution in [0.1, 0.15) is 35.2 Å². The van der Waals surface area contributed by atoms with E-state index in [9.17, 15) is 14.0 Å². The van der Waals surface area contributed by atoms with Crippen LogP contribution in [0.3, 0.4) is 0 Å². The number of ether oxygens (including phenoxy) is 1. The maximum atomic E-state index is 13.3. The van der Waals surface area contributed by atoms with Crippen molar-refractivity contribution in [3.63, 3.8) is 0 Å². The Morgan fingerprint density at radius 2 is 2.00 bits per heavy atom. The molecule has 0 aliphatic heterocycles. The lowest BCUT2D eigenvalue weighted by molar-refractivity contribution is -0.116. The second kappa shape index (κ2) is 9.80. The first kappa shape index (κ1) is 20.5. The molecule has 1 aliphatic rings. The lowest BCUT2D eigenvalue weighted by Crippen LogP contribution is -2.28. The highest BCUT2D eigenvalue weighted by atomic mass is 79.9. The van der Waals surface area contributed by atoms with Gasteiger partial charge in [-0.15, -0.1) is 0 Å². The first-order valence-electron chi connectivity index (χ1n) is 9.21. The average Bonchev–Trinajstić information content (AvgIpc) is 3.48. The minimum Gasteiger partial charge on any atom is -0.376 e. The van der Waals surface area contributed by atoms with Gasteiger partial charge in [0.25, 0.3) is 5.91 Å². The van der Waals surface area contributed by atoms with E-state index >= 15 is 0 Å². The standard InChI is InChI=1S/C21H22BrFN2O3/c22-19-7-6-16(23)11-18(19)21(27)24-9-8-20(26)25-17-3-1-2-15(10-17)13-28-12-14-4-5-14/h1-3,6-7,10-11,14H,4-5,8-9,12-13H2,(H,24,27)(H,25,26). The first-order valence-corrected chi connectivity index (χ1v) is 10.0. The Morgan fingerprint density at radius 3 is 2.79 bits per heavy atom. The van der Waals surface area contributed by atoms with E-state index in [1.165, 1.54) is 25.0 Å². The van der Waals surface area contributed by atoms with Crippen LogP contribution in [-0.2, 0) is 16.1 Å². The van der Waals surface area contributed by atoms with Gasteiger partial charge >= 0.3 is 0 Å². The molecule has 2 aromatic rings. The van der Waals surface area contributed by atoms with Crippen LogP contribution in [0.2, 0.25) is 0 Å². The maximum absolute atomic E-state index is 13.3. The van der Waals surface area contributed by atoms with E-state index in [1.54, 1.807) is 0 Å². The molecule has 148 valence electrons. The van der Waals surface area contributed by atoms with Crippen molar-refractivity contribution in [3.8, 4) is 0 Å². The van der Waals surface area contributed by atoms with Crippen LogP contribution < -0.4 is 10.6 Å². The number of carbonyl (C=O) groups excluding carboxylic acids is 2. The van der Waals surface area contributed by atoms with E-state index in [0.29, 0.717) is 22.7 Å². The van der Waals surface area contributed by atoms with Crippen molar-refractivity contribution in [2.75, 3.05) is 18.5 Å². The van der Waals surface area contributed by atoms with Gasteiger partial charge in [-0.1, -0.05) is 12.1 Å². The fraction of sp³-hybridized carbons (Fsp3) is 0.333. The molecule has 1 saturated carbocycles. The van der Waals surface area contributed by atoms with Crippen LogP contribution in [0, 0.1) is 11.7 Å². The lowest BCUT2D eigenvalue weighted by Gasteiger charge is -2.09. The molecule has 0 saturated heterocycles. The van der Waals surface area contributed by atoms with Crippen LogP contribution in [0.4, 0.5) is 10.1 Å². The van der Waals surface area contributed by atoms with Crippen molar-refractivity contribution in [1.82, 2.24) is 5.32 Å². The van der Waals surface area contributed by atoms with Crippen molar-refractivity contribution in [2.45, 2.75) is 25.9 Å². The summed E-state index contributed by atoms with van der Waals surface area (Å²) >= 11 is 3.21. The summed E-state index contributed by atoms with van der Waals surface area (Å²) in [5, 5.41) is 5.44. The van der Waals surface area contributed by atoms with Crippen molar-refractivity contribution in [2.24, 2.45) is 5.92 Å². The fourth-order valence-electron chi connectivity index (χ4n) is 2.65. The minimum absolute atomic E-state index is 0.112. The summed E-state index contributed by atoms with van der Waals surface area (Å²) in [6.45, 7) is 1.47. The zero-order valence-corrected chi connectivity index (χ0v) is 16.9. The predicted molar refractivity (Wildman–Crippen MR) is 109 cm³/mol. The number of hydrogen-bond donors (Lipinski definition) is 2. The molecule has 0 aromatic heterocycles. The number of anilines is 1. The lowest BCUT2D eigenvalue weighted by atomic mass is 10.2. The molecule has 3 rings (SSSR count). The molecule has 0 spiro atoms. The molecule has 2 amide bonds. The van der Waals surface area contributed by atoms with Gasteiger partial charge in [-0.3, -0.25) is 9.59 Å². The maximum Gasteiger partial charge on any atom is 0.252 e. The monoisotopic (exact) mass is 448 g/mol. The van der Waals surface area contributed by atoms with Gasteiger partial charge < -0.3 is 15.4 Å². The topological polar surface area (TPSA) is 67.4 Å². The Bertz CT molecular complexity index is 855. The molecule has 0 radical (unpaired) electrons. The summed E-state index contributed by atoms with van der Waals surface area (Å²) < 4.78 is 19.4. The third-order valence-electron chi connectivity index (χ3n) is 4.34. The molecule has 2 aromatic carbocycles. The number of hydrogen-bond acceptors (Lipinski definition) is 3. The summed E-state index contributed by atoms with van der Waals surface area (Å²) in [5.41, 5.74) is 1.89. The highest BCUT2D eigenvalue weighted by Gasteiger charge is 2.21. The number of benzene rings is 2. The molecule has 0 bridgehead atoms. The van der Waals surface area contributed by atoms with E-state index in [2.05, 4.69) is 26.6 Å². The summed E-state index contributed by atoms with van der Waals surface area (Å²) in [5.74, 6) is -0.429. The van der Waals surface area contributed by atoms with Crippen LogP contribution in [0.25, 0.3) is 0 Å². The van der Waals surface area contributed by atoms with Gasteiger partial charge in [0.05, 0.1) is 12.2 Å². The summed E-state index contributed by atoms with van der Waals surface area (Å²) in [6.07, 6.45) is 2.62. The van der Waals surface area contributed by atoms with Crippen molar-refractivity contribution < 1.29 is 18.7 Å². The van der Waals surface area contributed by atoms with Gasteiger partial charge in [0.15, 0.2) is 0 Å². The molecule has 1 aliphatic carbocycles. The van der Waals surface area contributed by atoms with Crippen LogP contribution in [0.15, 0.2) is 46.9 Å². The highest BCUT2D eigenvalue weighted by Crippen LogP contribution is 2.29. The third kappa shape index (κ3) is 6.42. The van der Waals surface area contributed by atoms with Crippen molar-refractivity contribution >= 4 is 33.4 Å². The SMILES string of the molecule is O=C(CCNC(=O)c1cc(F)ccc1Br)Nc1cccc(COCC2CC2)c1. The van der Waals surface area contributed by atoms with Crippen molar-refractivity contribution in [1.29, 1.82) is 0 Å². The molecule has 2 N–H and O–H groups in total. The fourth-order valence-corrected chi connectivity index (χ4v) is 3.07. The van der Waals surface area contributed by atoms with Crippen LogP contribution in [0.5, 0.6) is 0 Å². The molecular formula is C21H22BrFN2O3. The molecule has 1 fully saturated rings. The van der Waals surface area contributed by atoms with Crippen LogP contribution >= 0.6 is 15.9 Å². The predicted octanol–water partition coefficient (Wildman–Crippen LogP) is 4.27. The van der Waals surface area contributed by atoms with E-state index in [-0.39, 0.29) is 24.4 Å². The zero-order chi connectivity index (χ0) is 19.9. The van der Waals surface area contributed by atoms with Gasteiger partial charge in [0, 0.05) is 29.7 Å². The van der Waals surface area contributed by atoms with E-state index in [0.717, 1.165) is 18.2 Å². The van der Waals surface area contributed by atoms with E-state index in [4.69, 9.17) is 4.74 Å². The van der Waals surface area contributed by atoms with Gasteiger partial charge in [-0.05, 0) is 70.6 Å². The summed E-state index contributed by atoms with van der Waals surface area (Å²) in [7, 11) is 0. The number of amides is 2. The molecule has 0 atom stereocenters. The van der Waals surface area contributed by atoms with Gasteiger partial charge in [-0.25, -0.2) is 4.39 Å². The number of nitrogens with one attached hydrogen (secondary N) is 2. The normalized spacial score (nSPS) is 13.2. The largest absolute Gasteiger partial charge is 0.376 e. The Hall–Kier alpha value is -2.25. The molecule has 0 heterocycles. The Balaban J connectivity index is 1.42. The zero-order valence-electron chi connectivity index (χ0n) is 15.3. The third-order valence-corrected chi connectivity index (χ3v) is 5.03. The Labute approximate surface area is 171 Å².